The van der Waals surface area contributed by atoms with Crippen LogP contribution in [-0.2, 0) is 9.59 Å². The van der Waals surface area contributed by atoms with E-state index in [-0.39, 0.29) is 11.9 Å². The summed E-state index contributed by atoms with van der Waals surface area (Å²) in [5.74, 6) is -1.27. The van der Waals surface area contributed by atoms with Crippen molar-refractivity contribution < 1.29 is 14.7 Å². The normalized spacial score (nSPS) is 11.2. The summed E-state index contributed by atoms with van der Waals surface area (Å²) >= 11 is 0. The van der Waals surface area contributed by atoms with Gasteiger partial charge in [-0.05, 0) is 19.3 Å². The molecule has 0 spiro atoms. The molecule has 1 unspecified atom stereocenters. The standard InChI is InChI=1S/C12H25NO.C6H14N4O2/c1-2-3-4-5-6-7-8-9-10-11-12(13)14;7-4(5(11)12)2-1-3-10-6(8)9/h2-11H2,1H3,(H2,13,14);4H,1-3,7H2,(H,11,12)(H4,8,9,10). The lowest BCUT2D eigenvalue weighted by molar-refractivity contribution is -0.138. The molecule has 8 nitrogen and oxygen atoms in total. The van der Waals surface area contributed by atoms with Gasteiger partial charge in [0.25, 0.3) is 0 Å². The molecule has 1 atom stereocenters. The second kappa shape index (κ2) is 19.5. The van der Waals surface area contributed by atoms with Gasteiger partial charge in [-0.25, -0.2) is 0 Å². The van der Waals surface area contributed by atoms with Crippen LogP contribution in [0.2, 0.25) is 0 Å². The lowest BCUT2D eigenvalue weighted by Crippen LogP contribution is -2.34. The lowest BCUT2D eigenvalue weighted by atomic mass is 10.1. The van der Waals surface area contributed by atoms with E-state index in [1.807, 2.05) is 0 Å². The first kappa shape index (κ1) is 26.4. The number of guanidine groups is 1. The van der Waals surface area contributed by atoms with E-state index in [4.69, 9.17) is 27.7 Å². The summed E-state index contributed by atoms with van der Waals surface area (Å²) in [5, 5.41) is 17.7. The van der Waals surface area contributed by atoms with Crippen LogP contribution in [-0.4, -0.2) is 35.5 Å². The maximum absolute atomic E-state index is 10.4. The van der Waals surface area contributed by atoms with Crippen molar-refractivity contribution in [3.8, 4) is 0 Å². The van der Waals surface area contributed by atoms with Gasteiger partial charge in [0.15, 0.2) is 5.96 Å². The molecule has 9 N–H and O–H groups in total. The maximum Gasteiger partial charge on any atom is 0.320 e. The van der Waals surface area contributed by atoms with Crippen molar-refractivity contribution in [1.82, 2.24) is 5.32 Å². The smallest absolute Gasteiger partial charge is 0.320 e. The highest BCUT2D eigenvalue weighted by Crippen LogP contribution is 2.10. The number of nitrogens with one attached hydrogen (secondary N) is 2. The predicted molar refractivity (Wildman–Crippen MR) is 106 cm³/mol. The Kier molecular flexibility index (Phi) is 19.8. The minimum atomic E-state index is -1.00. The van der Waals surface area contributed by atoms with Gasteiger partial charge in [-0.2, -0.15) is 0 Å². The van der Waals surface area contributed by atoms with Crippen LogP contribution in [0.1, 0.15) is 84.0 Å². The minimum Gasteiger partial charge on any atom is -0.480 e. The Bertz CT molecular complexity index is 378. The fraction of sp³-hybridized carbons (Fsp3) is 0.833. The fourth-order valence-electron chi connectivity index (χ4n) is 2.28. The summed E-state index contributed by atoms with van der Waals surface area (Å²) in [6.45, 7) is 2.72. The number of aliphatic carboxylic acids is 1. The van der Waals surface area contributed by atoms with Crippen molar-refractivity contribution in [3.05, 3.63) is 0 Å². The van der Waals surface area contributed by atoms with Crippen LogP contribution in [0.5, 0.6) is 0 Å². The van der Waals surface area contributed by atoms with E-state index in [1.165, 1.54) is 44.9 Å². The van der Waals surface area contributed by atoms with Gasteiger partial charge in [-0.1, -0.05) is 58.3 Å². The monoisotopic (exact) mass is 373 g/mol. The number of carboxylic acids is 1. The van der Waals surface area contributed by atoms with E-state index in [9.17, 15) is 9.59 Å². The third-order valence-electron chi connectivity index (χ3n) is 3.85. The summed E-state index contributed by atoms with van der Waals surface area (Å²) in [7, 11) is 0. The largest absolute Gasteiger partial charge is 0.480 e. The van der Waals surface area contributed by atoms with Crippen molar-refractivity contribution in [2.24, 2.45) is 17.2 Å². The van der Waals surface area contributed by atoms with Gasteiger partial charge in [0.2, 0.25) is 5.91 Å². The van der Waals surface area contributed by atoms with Gasteiger partial charge in [0.05, 0.1) is 0 Å². The molecule has 0 aliphatic carbocycles. The molecule has 0 rings (SSSR count). The van der Waals surface area contributed by atoms with Gasteiger partial charge < -0.3 is 27.6 Å². The Morgan fingerprint density at radius 3 is 1.88 bits per heavy atom. The van der Waals surface area contributed by atoms with Crippen molar-refractivity contribution >= 4 is 17.8 Å². The molecule has 0 saturated heterocycles. The quantitative estimate of drug-likeness (QED) is 0.146. The molecule has 154 valence electrons. The van der Waals surface area contributed by atoms with Crippen molar-refractivity contribution in [3.63, 3.8) is 0 Å². The number of carbonyl (C=O) groups is 2. The molecule has 8 heteroatoms. The lowest BCUT2D eigenvalue weighted by Gasteiger charge is -2.06. The Morgan fingerprint density at radius 1 is 0.962 bits per heavy atom. The van der Waals surface area contributed by atoms with Crippen LogP contribution in [0, 0.1) is 5.41 Å². The SMILES string of the molecule is CCCCCCCCCCCC(N)=O.N=C(N)NCCCC(N)C(=O)O. The van der Waals surface area contributed by atoms with Gasteiger partial charge >= 0.3 is 5.97 Å². The number of amides is 1. The van der Waals surface area contributed by atoms with E-state index in [0.717, 1.165) is 12.8 Å². The molecule has 0 aromatic rings. The van der Waals surface area contributed by atoms with E-state index >= 15 is 0 Å². The number of primary amides is 1. The second-order valence-corrected chi connectivity index (χ2v) is 6.47. The molecule has 1 amide bonds. The first-order valence-corrected chi connectivity index (χ1v) is 9.65. The molecular formula is C18H39N5O3. The summed E-state index contributed by atoms with van der Waals surface area (Å²) in [6.07, 6.45) is 13.1. The second-order valence-electron chi connectivity index (χ2n) is 6.47. The zero-order valence-electron chi connectivity index (χ0n) is 16.3. The van der Waals surface area contributed by atoms with Crippen LogP contribution < -0.4 is 22.5 Å². The van der Waals surface area contributed by atoms with Gasteiger partial charge in [0.1, 0.15) is 6.04 Å². The number of nitrogens with two attached hydrogens (primary N) is 3. The number of hydrogen-bond acceptors (Lipinski definition) is 4. The zero-order chi connectivity index (χ0) is 20.2. The van der Waals surface area contributed by atoms with Crippen molar-refractivity contribution in [1.29, 1.82) is 5.41 Å². The van der Waals surface area contributed by atoms with E-state index in [2.05, 4.69) is 12.2 Å². The fourth-order valence-corrected chi connectivity index (χ4v) is 2.28. The Labute approximate surface area is 157 Å². The number of carboxylic acid groups (broad SMARTS) is 1. The van der Waals surface area contributed by atoms with Crippen LogP contribution in [0.3, 0.4) is 0 Å². The molecule has 26 heavy (non-hydrogen) atoms. The highest BCUT2D eigenvalue weighted by atomic mass is 16.4. The average molecular weight is 374 g/mol. The highest BCUT2D eigenvalue weighted by Gasteiger charge is 2.09. The molecular weight excluding hydrogens is 334 g/mol. The Hall–Kier alpha value is -1.83. The van der Waals surface area contributed by atoms with Crippen LogP contribution in [0.25, 0.3) is 0 Å². The van der Waals surface area contributed by atoms with Gasteiger partial charge in [0, 0.05) is 13.0 Å². The summed E-state index contributed by atoms with van der Waals surface area (Å²) in [6, 6.07) is -0.821. The van der Waals surface area contributed by atoms with Crippen LogP contribution in [0.15, 0.2) is 0 Å². The highest BCUT2D eigenvalue weighted by molar-refractivity contribution is 5.74. The predicted octanol–water partition coefficient (Wildman–Crippen LogP) is 2.05. The minimum absolute atomic E-state index is 0.112. The molecule has 0 fully saturated rings. The number of unbranched alkanes of at least 4 members (excludes halogenated alkanes) is 8. The summed E-state index contributed by atoms with van der Waals surface area (Å²) in [5.41, 5.74) is 15.3. The Morgan fingerprint density at radius 2 is 1.46 bits per heavy atom. The van der Waals surface area contributed by atoms with Crippen LogP contribution >= 0.6 is 0 Å². The molecule has 0 bridgehead atoms. The first-order valence-electron chi connectivity index (χ1n) is 9.65. The third-order valence-corrected chi connectivity index (χ3v) is 3.85. The molecule has 0 radical (unpaired) electrons. The number of hydrogen-bond donors (Lipinski definition) is 6. The molecule has 0 aliphatic heterocycles. The number of rotatable bonds is 15. The topological polar surface area (TPSA) is 168 Å². The molecule has 0 aromatic heterocycles. The molecule has 0 heterocycles. The molecule has 0 aliphatic rings. The number of carbonyl (C=O) groups excluding carboxylic acids is 1. The van der Waals surface area contributed by atoms with Gasteiger partial charge in [-0.3, -0.25) is 15.0 Å². The van der Waals surface area contributed by atoms with E-state index < -0.39 is 12.0 Å². The van der Waals surface area contributed by atoms with E-state index in [0.29, 0.717) is 25.8 Å². The van der Waals surface area contributed by atoms with E-state index in [1.54, 1.807) is 0 Å². The van der Waals surface area contributed by atoms with Crippen molar-refractivity contribution in [2.75, 3.05) is 6.54 Å². The molecule has 0 aromatic carbocycles. The maximum atomic E-state index is 10.4. The molecule has 0 saturated carbocycles. The zero-order valence-corrected chi connectivity index (χ0v) is 16.3. The summed E-state index contributed by atoms with van der Waals surface area (Å²) < 4.78 is 0. The van der Waals surface area contributed by atoms with Crippen LogP contribution in [0.4, 0.5) is 0 Å². The summed E-state index contributed by atoms with van der Waals surface area (Å²) in [4.78, 5) is 20.6. The average Bonchev–Trinajstić information content (AvgIpc) is 2.57. The third kappa shape index (κ3) is 24.4. The Balaban J connectivity index is 0. The van der Waals surface area contributed by atoms with Crippen molar-refractivity contribution in [2.45, 2.75) is 90.0 Å². The van der Waals surface area contributed by atoms with Gasteiger partial charge in [-0.15, -0.1) is 0 Å². The first-order chi connectivity index (χ1) is 12.3.